The number of amides is 1. The van der Waals surface area contributed by atoms with Crippen LogP contribution in [0.15, 0.2) is 40.9 Å². The smallest absolute Gasteiger partial charge is 0.238 e. The summed E-state index contributed by atoms with van der Waals surface area (Å²) in [6.45, 7) is 1.85. The maximum absolute atomic E-state index is 13.7. The third kappa shape index (κ3) is 4.99. The SMILES string of the molecule is CC(NCC(=O)Nc1c(F)cc(F)cc1Br)c1cccc(Cl)c1. The van der Waals surface area contributed by atoms with Crippen LogP contribution in [0.2, 0.25) is 5.02 Å². The first-order valence-electron chi connectivity index (χ1n) is 6.80. The highest BCUT2D eigenvalue weighted by atomic mass is 79.9. The van der Waals surface area contributed by atoms with Gasteiger partial charge in [-0.2, -0.15) is 0 Å². The van der Waals surface area contributed by atoms with E-state index in [1.54, 1.807) is 12.1 Å². The topological polar surface area (TPSA) is 41.1 Å². The Bertz CT molecular complexity index is 704. The maximum Gasteiger partial charge on any atom is 0.238 e. The van der Waals surface area contributed by atoms with Crippen LogP contribution in [0.1, 0.15) is 18.5 Å². The van der Waals surface area contributed by atoms with Crippen molar-refractivity contribution in [1.82, 2.24) is 5.32 Å². The normalized spacial score (nSPS) is 12.0. The van der Waals surface area contributed by atoms with E-state index in [1.165, 1.54) is 0 Å². The van der Waals surface area contributed by atoms with Gasteiger partial charge >= 0.3 is 0 Å². The van der Waals surface area contributed by atoms with Crippen LogP contribution in [0, 0.1) is 11.6 Å². The van der Waals surface area contributed by atoms with E-state index in [-0.39, 0.29) is 22.7 Å². The molecule has 2 aromatic carbocycles. The number of anilines is 1. The van der Waals surface area contributed by atoms with Crippen molar-refractivity contribution in [3.63, 3.8) is 0 Å². The Kier molecular flexibility index (Phi) is 6.10. The second-order valence-electron chi connectivity index (χ2n) is 4.95. The Hall–Kier alpha value is -1.50. The zero-order chi connectivity index (χ0) is 17.0. The van der Waals surface area contributed by atoms with Crippen LogP contribution < -0.4 is 10.6 Å². The van der Waals surface area contributed by atoms with Crippen LogP contribution in [0.4, 0.5) is 14.5 Å². The van der Waals surface area contributed by atoms with Crippen LogP contribution in [0.25, 0.3) is 0 Å². The lowest BCUT2D eigenvalue weighted by atomic mass is 10.1. The minimum Gasteiger partial charge on any atom is -0.322 e. The molecular weight excluding hydrogens is 390 g/mol. The van der Waals surface area contributed by atoms with E-state index in [9.17, 15) is 13.6 Å². The lowest BCUT2D eigenvalue weighted by molar-refractivity contribution is -0.115. The number of carbonyl (C=O) groups excluding carboxylic acids is 1. The first-order chi connectivity index (χ1) is 10.9. The summed E-state index contributed by atoms with van der Waals surface area (Å²) in [4.78, 5) is 11.9. The molecule has 3 nitrogen and oxygen atoms in total. The van der Waals surface area contributed by atoms with E-state index >= 15 is 0 Å². The summed E-state index contributed by atoms with van der Waals surface area (Å²) in [6.07, 6.45) is 0. The average molecular weight is 404 g/mol. The van der Waals surface area contributed by atoms with Gasteiger partial charge in [-0.25, -0.2) is 8.78 Å². The summed E-state index contributed by atoms with van der Waals surface area (Å²) in [5.74, 6) is -2.00. The fourth-order valence-electron chi connectivity index (χ4n) is 1.98. The standard InChI is InChI=1S/C16H14BrClF2N2O/c1-9(10-3-2-4-11(18)5-10)21-8-15(23)22-16-13(17)6-12(19)7-14(16)20/h2-7,9,21H,8H2,1H3,(H,22,23). The predicted molar refractivity (Wildman–Crippen MR) is 90.6 cm³/mol. The monoisotopic (exact) mass is 402 g/mol. The van der Waals surface area contributed by atoms with Crippen molar-refractivity contribution in [3.05, 3.63) is 63.1 Å². The van der Waals surface area contributed by atoms with Gasteiger partial charge < -0.3 is 10.6 Å². The minimum absolute atomic E-state index is 0.0308. The van der Waals surface area contributed by atoms with Gasteiger partial charge in [0.05, 0.1) is 12.2 Å². The van der Waals surface area contributed by atoms with E-state index in [4.69, 9.17) is 11.6 Å². The molecule has 0 aliphatic heterocycles. The molecule has 2 rings (SSSR count). The van der Waals surface area contributed by atoms with Gasteiger partial charge in [-0.15, -0.1) is 0 Å². The third-order valence-electron chi connectivity index (χ3n) is 3.19. The van der Waals surface area contributed by atoms with E-state index < -0.39 is 17.5 Å². The van der Waals surface area contributed by atoms with Crippen LogP contribution in [-0.2, 0) is 4.79 Å². The maximum atomic E-state index is 13.7. The van der Waals surface area contributed by atoms with Gasteiger partial charge in [-0.3, -0.25) is 4.79 Å². The van der Waals surface area contributed by atoms with Crippen LogP contribution in [0.3, 0.4) is 0 Å². The second kappa shape index (κ2) is 7.86. The fourth-order valence-corrected chi connectivity index (χ4v) is 2.69. The molecule has 1 unspecified atom stereocenters. The van der Waals surface area contributed by atoms with E-state index in [2.05, 4.69) is 26.6 Å². The van der Waals surface area contributed by atoms with Gasteiger partial charge in [0, 0.05) is 21.6 Å². The van der Waals surface area contributed by atoms with E-state index in [0.717, 1.165) is 11.6 Å². The Balaban J connectivity index is 1.95. The number of hydrogen-bond donors (Lipinski definition) is 2. The fraction of sp³-hybridized carbons (Fsp3) is 0.188. The third-order valence-corrected chi connectivity index (χ3v) is 4.05. The summed E-state index contributed by atoms with van der Waals surface area (Å²) in [5.41, 5.74) is 0.841. The molecule has 1 amide bonds. The highest BCUT2D eigenvalue weighted by molar-refractivity contribution is 9.10. The summed E-state index contributed by atoms with van der Waals surface area (Å²) in [6, 6.07) is 8.95. The van der Waals surface area contributed by atoms with Gasteiger partial charge in [-0.1, -0.05) is 23.7 Å². The lowest BCUT2D eigenvalue weighted by Crippen LogP contribution is -2.30. The Morgan fingerprint density at radius 3 is 2.70 bits per heavy atom. The Morgan fingerprint density at radius 1 is 1.30 bits per heavy atom. The molecule has 0 saturated heterocycles. The van der Waals surface area contributed by atoms with E-state index in [0.29, 0.717) is 11.1 Å². The first kappa shape index (κ1) is 17.8. The van der Waals surface area contributed by atoms with Crippen molar-refractivity contribution in [2.24, 2.45) is 0 Å². The van der Waals surface area contributed by atoms with Crippen LogP contribution in [-0.4, -0.2) is 12.5 Å². The number of benzene rings is 2. The molecule has 2 N–H and O–H groups in total. The molecule has 1 atom stereocenters. The van der Waals surface area contributed by atoms with Gasteiger partial charge in [0.1, 0.15) is 5.82 Å². The number of halogens is 4. The first-order valence-corrected chi connectivity index (χ1v) is 7.97. The molecule has 0 spiro atoms. The molecule has 23 heavy (non-hydrogen) atoms. The zero-order valence-corrected chi connectivity index (χ0v) is 14.5. The van der Waals surface area contributed by atoms with Gasteiger partial charge in [-0.05, 0) is 46.6 Å². The van der Waals surface area contributed by atoms with Crippen molar-refractivity contribution >= 4 is 39.1 Å². The van der Waals surface area contributed by atoms with Crippen molar-refractivity contribution in [1.29, 1.82) is 0 Å². The largest absolute Gasteiger partial charge is 0.322 e. The average Bonchev–Trinajstić information content (AvgIpc) is 2.48. The molecule has 2 aromatic rings. The van der Waals surface area contributed by atoms with Gasteiger partial charge in [0.15, 0.2) is 5.82 Å². The Labute approximate surface area is 146 Å². The molecule has 0 aliphatic rings. The van der Waals surface area contributed by atoms with Crippen molar-refractivity contribution in [3.8, 4) is 0 Å². The summed E-state index contributed by atoms with van der Waals surface area (Å²) in [7, 11) is 0. The summed E-state index contributed by atoms with van der Waals surface area (Å²) < 4.78 is 26.8. The summed E-state index contributed by atoms with van der Waals surface area (Å²) in [5, 5.41) is 6.03. The Morgan fingerprint density at radius 2 is 2.04 bits per heavy atom. The highest BCUT2D eigenvalue weighted by Crippen LogP contribution is 2.26. The summed E-state index contributed by atoms with van der Waals surface area (Å²) >= 11 is 8.94. The molecule has 122 valence electrons. The number of nitrogens with one attached hydrogen (secondary N) is 2. The van der Waals surface area contributed by atoms with Crippen LogP contribution in [0.5, 0.6) is 0 Å². The molecular formula is C16H14BrClF2N2O. The number of hydrogen-bond acceptors (Lipinski definition) is 2. The molecule has 0 saturated carbocycles. The second-order valence-corrected chi connectivity index (χ2v) is 6.24. The molecule has 0 aliphatic carbocycles. The molecule has 0 aromatic heterocycles. The van der Waals surface area contributed by atoms with Crippen molar-refractivity contribution < 1.29 is 13.6 Å². The van der Waals surface area contributed by atoms with Crippen LogP contribution >= 0.6 is 27.5 Å². The molecule has 0 heterocycles. The molecule has 7 heteroatoms. The van der Waals surface area contributed by atoms with E-state index in [1.807, 2.05) is 19.1 Å². The molecule has 0 bridgehead atoms. The van der Waals surface area contributed by atoms with Gasteiger partial charge in [0.2, 0.25) is 5.91 Å². The molecule has 0 fully saturated rings. The molecule has 0 radical (unpaired) electrons. The quantitative estimate of drug-likeness (QED) is 0.762. The highest BCUT2D eigenvalue weighted by Gasteiger charge is 2.14. The number of rotatable bonds is 5. The lowest BCUT2D eigenvalue weighted by Gasteiger charge is -2.15. The van der Waals surface area contributed by atoms with Crippen molar-refractivity contribution in [2.45, 2.75) is 13.0 Å². The predicted octanol–water partition coefficient (Wildman–Crippen LogP) is 4.67. The van der Waals surface area contributed by atoms with Gasteiger partial charge in [0.25, 0.3) is 0 Å². The van der Waals surface area contributed by atoms with Crippen molar-refractivity contribution in [2.75, 3.05) is 11.9 Å². The zero-order valence-electron chi connectivity index (χ0n) is 12.2. The number of carbonyl (C=O) groups is 1. The minimum atomic E-state index is -0.840.